The molecule has 1 unspecified atom stereocenters. The first-order valence-corrected chi connectivity index (χ1v) is 9.22. The summed E-state index contributed by atoms with van der Waals surface area (Å²) in [6, 6.07) is 11.3. The number of aliphatic hydroxyl groups excluding tert-OH is 1. The molecule has 9 heteroatoms. The molecule has 0 saturated carbocycles. The number of aromatic nitrogens is 5. The van der Waals surface area contributed by atoms with Crippen LogP contribution in [-0.4, -0.2) is 30.0 Å². The number of hydrogen-bond donors (Lipinski definition) is 2. The highest BCUT2D eigenvalue weighted by Crippen LogP contribution is 2.30. The highest BCUT2D eigenvalue weighted by atomic mass is 32.1. The molecule has 0 aliphatic rings. The van der Waals surface area contributed by atoms with E-state index in [9.17, 15) is 5.11 Å². The lowest BCUT2D eigenvalue weighted by Gasteiger charge is -2.06. The largest absolute Gasteiger partial charge is 0.392 e. The molecular formula is C17H15N5O2S2. The van der Waals surface area contributed by atoms with Gasteiger partial charge in [-0.05, 0) is 29.1 Å². The van der Waals surface area contributed by atoms with Crippen molar-refractivity contribution in [3.05, 3.63) is 59.0 Å². The average molecular weight is 385 g/mol. The van der Waals surface area contributed by atoms with E-state index in [2.05, 4.69) is 33.0 Å². The third-order valence-corrected chi connectivity index (χ3v) is 5.27. The van der Waals surface area contributed by atoms with Crippen molar-refractivity contribution < 1.29 is 9.63 Å². The summed E-state index contributed by atoms with van der Waals surface area (Å²) >= 11 is 6.21. The Morgan fingerprint density at radius 2 is 2.15 bits per heavy atom. The Hall–Kier alpha value is -2.49. The van der Waals surface area contributed by atoms with Gasteiger partial charge >= 0.3 is 0 Å². The molecule has 7 nitrogen and oxygen atoms in total. The monoisotopic (exact) mass is 385 g/mol. The third kappa shape index (κ3) is 3.05. The molecule has 3 heterocycles. The SMILES string of the molecule is Cn1c(-c2cccs2)nnc1C(S)c1noc(-c2cccc(CO)c2)n1. The Kier molecular flexibility index (Phi) is 4.58. The van der Waals surface area contributed by atoms with Crippen molar-refractivity contribution in [1.82, 2.24) is 24.9 Å². The number of thiol groups is 1. The van der Waals surface area contributed by atoms with Gasteiger partial charge in [-0.15, -0.1) is 21.5 Å². The molecule has 0 aliphatic heterocycles. The van der Waals surface area contributed by atoms with E-state index >= 15 is 0 Å². The van der Waals surface area contributed by atoms with Crippen molar-refractivity contribution in [3.8, 4) is 22.2 Å². The molecule has 0 radical (unpaired) electrons. The smallest absolute Gasteiger partial charge is 0.257 e. The van der Waals surface area contributed by atoms with Crippen LogP contribution in [-0.2, 0) is 13.7 Å². The van der Waals surface area contributed by atoms with Crippen LogP contribution in [0, 0.1) is 0 Å². The Balaban J connectivity index is 1.64. The summed E-state index contributed by atoms with van der Waals surface area (Å²) in [7, 11) is 1.89. The molecule has 26 heavy (non-hydrogen) atoms. The summed E-state index contributed by atoms with van der Waals surface area (Å²) in [4.78, 5) is 5.46. The Morgan fingerprint density at radius 3 is 2.92 bits per heavy atom. The van der Waals surface area contributed by atoms with Gasteiger partial charge in [0.2, 0.25) is 0 Å². The number of rotatable bonds is 5. The van der Waals surface area contributed by atoms with E-state index in [4.69, 9.17) is 4.52 Å². The molecule has 0 amide bonds. The standard InChI is InChI=1S/C17H15N5O2S2/c1-22-15(12-6-3-7-26-12)19-20-16(22)13(25)14-18-17(24-21-14)11-5-2-4-10(8-11)9-23/h2-8,13,23,25H,9H2,1H3. The lowest BCUT2D eigenvalue weighted by molar-refractivity contribution is 0.282. The lowest BCUT2D eigenvalue weighted by Crippen LogP contribution is -2.05. The third-order valence-electron chi connectivity index (χ3n) is 3.94. The highest BCUT2D eigenvalue weighted by molar-refractivity contribution is 7.80. The van der Waals surface area contributed by atoms with E-state index in [0.717, 1.165) is 21.8 Å². The number of nitrogens with zero attached hydrogens (tertiary/aromatic N) is 5. The van der Waals surface area contributed by atoms with Crippen LogP contribution in [0.15, 0.2) is 46.3 Å². The first kappa shape index (κ1) is 17.0. The fraction of sp³-hybridized carbons (Fsp3) is 0.176. The van der Waals surface area contributed by atoms with Gasteiger partial charge in [-0.1, -0.05) is 23.4 Å². The topological polar surface area (TPSA) is 89.9 Å². The van der Waals surface area contributed by atoms with Gasteiger partial charge in [0, 0.05) is 12.6 Å². The molecule has 0 bridgehead atoms. The Morgan fingerprint density at radius 1 is 1.27 bits per heavy atom. The second-order valence-electron chi connectivity index (χ2n) is 5.64. The lowest BCUT2D eigenvalue weighted by atomic mass is 10.1. The van der Waals surface area contributed by atoms with Crippen molar-refractivity contribution in [3.63, 3.8) is 0 Å². The van der Waals surface area contributed by atoms with Crippen molar-refractivity contribution in [2.45, 2.75) is 11.9 Å². The maximum Gasteiger partial charge on any atom is 0.257 e. The van der Waals surface area contributed by atoms with E-state index in [1.807, 2.05) is 53.4 Å². The van der Waals surface area contributed by atoms with Gasteiger partial charge in [0.25, 0.3) is 5.89 Å². The number of hydrogen-bond acceptors (Lipinski definition) is 8. The van der Waals surface area contributed by atoms with Crippen LogP contribution in [0.2, 0.25) is 0 Å². The summed E-state index contributed by atoms with van der Waals surface area (Å²) < 4.78 is 7.25. The van der Waals surface area contributed by atoms with Gasteiger partial charge in [-0.3, -0.25) is 0 Å². The minimum absolute atomic E-state index is 0.0472. The van der Waals surface area contributed by atoms with Crippen LogP contribution in [0.5, 0.6) is 0 Å². The molecule has 4 aromatic rings. The summed E-state index contributed by atoms with van der Waals surface area (Å²) in [6.07, 6.45) is 0. The van der Waals surface area contributed by atoms with E-state index in [1.54, 1.807) is 11.3 Å². The molecule has 0 saturated heterocycles. The molecule has 0 fully saturated rings. The zero-order valence-corrected chi connectivity index (χ0v) is 15.5. The molecule has 4 rings (SSSR count). The van der Waals surface area contributed by atoms with Crippen molar-refractivity contribution >= 4 is 24.0 Å². The summed E-state index contributed by atoms with van der Waals surface area (Å²) in [6.45, 7) is -0.0472. The molecular weight excluding hydrogens is 370 g/mol. The molecule has 132 valence electrons. The van der Waals surface area contributed by atoms with Crippen LogP contribution in [0.25, 0.3) is 22.2 Å². The zero-order valence-electron chi connectivity index (χ0n) is 13.8. The molecule has 0 spiro atoms. The minimum atomic E-state index is -0.472. The van der Waals surface area contributed by atoms with Crippen molar-refractivity contribution in [1.29, 1.82) is 0 Å². The first-order valence-electron chi connectivity index (χ1n) is 7.82. The van der Waals surface area contributed by atoms with Crippen LogP contribution in [0.4, 0.5) is 0 Å². The predicted molar refractivity (Wildman–Crippen MR) is 101 cm³/mol. The molecule has 1 atom stereocenters. The predicted octanol–water partition coefficient (Wildman–Crippen LogP) is 3.11. The molecule has 0 aliphatic carbocycles. The first-order chi connectivity index (χ1) is 12.7. The highest BCUT2D eigenvalue weighted by Gasteiger charge is 2.24. The van der Waals surface area contributed by atoms with Crippen LogP contribution in [0.1, 0.15) is 22.5 Å². The van der Waals surface area contributed by atoms with Crippen molar-refractivity contribution in [2.24, 2.45) is 7.05 Å². The van der Waals surface area contributed by atoms with Gasteiger partial charge < -0.3 is 14.2 Å². The minimum Gasteiger partial charge on any atom is -0.392 e. The zero-order chi connectivity index (χ0) is 18.1. The van der Waals surface area contributed by atoms with Crippen LogP contribution < -0.4 is 0 Å². The van der Waals surface area contributed by atoms with Crippen molar-refractivity contribution in [2.75, 3.05) is 0 Å². The quantitative estimate of drug-likeness (QED) is 0.513. The molecule has 1 aromatic carbocycles. The maximum atomic E-state index is 9.27. The normalized spacial score (nSPS) is 12.4. The second-order valence-corrected chi connectivity index (χ2v) is 7.10. The van der Waals surface area contributed by atoms with E-state index in [-0.39, 0.29) is 6.61 Å². The molecule has 1 N–H and O–H groups in total. The number of benzene rings is 1. The van der Waals surface area contributed by atoms with Gasteiger partial charge in [0.05, 0.1) is 11.5 Å². The average Bonchev–Trinajstić information content (AvgIpc) is 3.41. The number of thiophene rings is 1. The summed E-state index contributed by atoms with van der Waals surface area (Å²) in [5.41, 5.74) is 1.52. The molecule has 3 aromatic heterocycles. The fourth-order valence-electron chi connectivity index (χ4n) is 2.58. The van der Waals surface area contributed by atoms with Crippen LogP contribution >= 0.6 is 24.0 Å². The van der Waals surface area contributed by atoms with Gasteiger partial charge in [-0.25, -0.2) is 0 Å². The fourth-order valence-corrected chi connectivity index (χ4v) is 3.65. The second kappa shape index (κ2) is 7.02. The van der Waals surface area contributed by atoms with E-state index in [0.29, 0.717) is 17.5 Å². The van der Waals surface area contributed by atoms with Gasteiger partial charge in [0.15, 0.2) is 17.5 Å². The Labute approximate surface area is 158 Å². The van der Waals surface area contributed by atoms with Gasteiger partial charge in [0.1, 0.15) is 5.25 Å². The summed E-state index contributed by atoms with van der Waals surface area (Å²) in [5.74, 6) is 2.18. The van der Waals surface area contributed by atoms with E-state index in [1.165, 1.54) is 0 Å². The maximum absolute atomic E-state index is 9.27. The number of aliphatic hydroxyl groups is 1. The Bertz CT molecular complexity index is 1030. The van der Waals surface area contributed by atoms with Crippen LogP contribution in [0.3, 0.4) is 0 Å². The van der Waals surface area contributed by atoms with E-state index < -0.39 is 5.25 Å². The van der Waals surface area contributed by atoms with Gasteiger partial charge in [-0.2, -0.15) is 17.6 Å². The summed E-state index contributed by atoms with van der Waals surface area (Å²) in [5, 5.41) is 23.3.